The standard InChI is InChI=1S/C26H22O2/c1-15-17(3)25(27)23-11-7-5-9-21(23)19(15)13-14-20-16(2)18(4)26(28)24-12-8-6-10-22(20)24/h5-14,27-28H,1-2H2,3-4H3. The van der Waals surface area contributed by atoms with Crippen molar-refractivity contribution in [3.8, 4) is 11.5 Å². The molecule has 0 saturated heterocycles. The second kappa shape index (κ2) is 6.58. The van der Waals surface area contributed by atoms with Crippen LogP contribution in [0.15, 0.2) is 48.5 Å². The number of phenols is 2. The van der Waals surface area contributed by atoms with E-state index in [0.29, 0.717) is 0 Å². The van der Waals surface area contributed by atoms with Crippen LogP contribution in [-0.4, -0.2) is 10.2 Å². The van der Waals surface area contributed by atoms with E-state index in [-0.39, 0.29) is 11.5 Å². The smallest absolute Gasteiger partial charge is 0.126 e. The van der Waals surface area contributed by atoms with Gasteiger partial charge in [0.15, 0.2) is 0 Å². The van der Waals surface area contributed by atoms with Gasteiger partial charge in [0.25, 0.3) is 0 Å². The molecule has 0 unspecified atom stereocenters. The second-order valence-electron chi connectivity index (χ2n) is 7.16. The molecule has 0 aromatic heterocycles. The lowest BCUT2D eigenvalue weighted by atomic mass is 9.99. The summed E-state index contributed by atoms with van der Waals surface area (Å²) >= 11 is 0. The zero-order valence-electron chi connectivity index (χ0n) is 16.1. The largest absolute Gasteiger partial charge is 0.507 e. The van der Waals surface area contributed by atoms with Crippen molar-refractivity contribution in [3.63, 3.8) is 0 Å². The zero-order chi connectivity index (χ0) is 20.0. The van der Waals surface area contributed by atoms with Crippen molar-refractivity contribution in [3.05, 3.63) is 80.5 Å². The van der Waals surface area contributed by atoms with Crippen molar-refractivity contribution in [1.29, 1.82) is 0 Å². The summed E-state index contributed by atoms with van der Waals surface area (Å²) in [5.41, 5.74) is 1.56. The van der Waals surface area contributed by atoms with Crippen LogP contribution in [0.4, 0.5) is 0 Å². The van der Waals surface area contributed by atoms with Gasteiger partial charge in [0.05, 0.1) is 0 Å². The molecule has 0 aliphatic rings. The van der Waals surface area contributed by atoms with E-state index in [2.05, 4.69) is 13.2 Å². The Hall–Kier alpha value is -3.52. The molecule has 0 amide bonds. The van der Waals surface area contributed by atoms with Crippen LogP contribution in [0, 0.1) is 13.8 Å². The number of hydrogen-bond acceptors (Lipinski definition) is 2. The Labute approximate surface area is 163 Å². The van der Waals surface area contributed by atoms with Crippen LogP contribution < -0.4 is 20.9 Å². The Kier molecular flexibility index (Phi) is 4.20. The van der Waals surface area contributed by atoms with Crippen molar-refractivity contribution in [2.24, 2.45) is 0 Å². The quantitative estimate of drug-likeness (QED) is 0.543. The van der Waals surface area contributed by atoms with Crippen LogP contribution in [-0.2, 0) is 0 Å². The van der Waals surface area contributed by atoms with Gasteiger partial charge in [-0.1, -0.05) is 73.8 Å². The average Bonchev–Trinajstić information content (AvgIpc) is 2.72. The normalized spacial score (nSPS) is 12.9. The molecule has 28 heavy (non-hydrogen) atoms. The molecule has 0 bridgehead atoms. The maximum atomic E-state index is 10.5. The zero-order valence-corrected chi connectivity index (χ0v) is 16.1. The summed E-state index contributed by atoms with van der Waals surface area (Å²) in [5.74, 6) is 0.558. The van der Waals surface area contributed by atoms with Crippen LogP contribution in [0.3, 0.4) is 0 Å². The van der Waals surface area contributed by atoms with Gasteiger partial charge in [-0.25, -0.2) is 0 Å². The van der Waals surface area contributed by atoms with Crippen molar-refractivity contribution in [2.75, 3.05) is 0 Å². The van der Waals surface area contributed by atoms with E-state index in [4.69, 9.17) is 0 Å². The Morgan fingerprint density at radius 2 is 0.929 bits per heavy atom. The molecule has 4 aromatic rings. The highest BCUT2D eigenvalue weighted by atomic mass is 16.3. The third-order valence-electron chi connectivity index (χ3n) is 5.63. The summed E-state index contributed by atoms with van der Waals surface area (Å²) in [6, 6.07) is 15.6. The highest BCUT2D eigenvalue weighted by Crippen LogP contribution is 2.24. The van der Waals surface area contributed by atoms with Gasteiger partial charge in [-0.3, -0.25) is 0 Å². The minimum Gasteiger partial charge on any atom is -0.507 e. The molecule has 0 aliphatic heterocycles. The average molecular weight is 366 g/mol. The van der Waals surface area contributed by atoms with Gasteiger partial charge in [0.2, 0.25) is 0 Å². The second-order valence-corrected chi connectivity index (χ2v) is 7.16. The predicted molar refractivity (Wildman–Crippen MR) is 119 cm³/mol. The van der Waals surface area contributed by atoms with E-state index < -0.39 is 0 Å². The molecule has 2 nitrogen and oxygen atoms in total. The molecule has 0 saturated carbocycles. The van der Waals surface area contributed by atoms with Crippen molar-refractivity contribution in [2.45, 2.75) is 13.8 Å². The minimum atomic E-state index is 0.279. The number of phenolic OH excluding ortho intramolecular Hbond substituents is 2. The third-order valence-corrected chi connectivity index (χ3v) is 5.63. The molecule has 0 heterocycles. The molecule has 0 spiro atoms. The topological polar surface area (TPSA) is 40.5 Å². The lowest BCUT2D eigenvalue weighted by Crippen LogP contribution is -2.29. The van der Waals surface area contributed by atoms with E-state index >= 15 is 0 Å². The van der Waals surface area contributed by atoms with Crippen LogP contribution >= 0.6 is 0 Å². The van der Waals surface area contributed by atoms with Gasteiger partial charge in [-0.15, -0.1) is 0 Å². The number of hydrogen-bond donors (Lipinski definition) is 2. The fourth-order valence-corrected chi connectivity index (χ4v) is 3.82. The van der Waals surface area contributed by atoms with Gasteiger partial charge in [-0.2, -0.15) is 0 Å². The van der Waals surface area contributed by atoms with Gasteiger partial charge in [-0.05, 0) is 56.6 Å². The molecule has 0 radical (unpaired) electrons. The lowest BCUT2D eigenvalue weighted by Gasteiger charge is -2.08. The van der Waals surface area contributed by atoms with Crippen LogP contribution in [0.25, 0.3) is 46.9 Å². The molecule has 2 heteroatoms. The Morgan fingerprint density at radius 3 is 1.29 bits per heavy atom. The van der Waals surface area contributed by atoms with E-state index in [1.165, 1.54) is 0 Å². The monoisotopic (exact) mass is 366 g/mol. The third kappa shape index (κ3) is 2.57. The van der Waals surface area contributed by atoms with Crippen LogP contribution in [0.1, 0.15) is 11.1 Å². The molecular weight excluding hydrogens is 344 g/mol. The first-order valence-corrected chi connectivity index (χ1v) is 9.22. The fourth-order valence-electron chi connectivity index (χ4n) is 3.82. The van der Waals surface area contributed by atoms with E-state index in [1.54, 1.807) is 0 Å². The van der Waals surface area contributed by atoms with Crippen LogP contribution in [0.5, 0.6) is 11.5 Å². The summed E-state index contributed by atoms with van der Waals surface area (Å²) in [4.78, 5) is 0. The molecule has 0 atom stereocenters. The summed E-state index contributed by atoms with van der Waals surface area (Å²) in [6.45, 7) is 12.2. The molecule has 4 rings (SSSR count). The number of rotatable bonds is 1. The first-order valence-electron chi connectivity index (χ1n) is 9.22. The van der Waals surface area contributed by atoms with Gasteiger partial charge in [0, 0.05) is 10.8 Å². The minimum absolute atomic E-state index is 0.279. The molecule has 138 valence electrons. The molecule has 4 aromatic carbocycles. The summed E-state index contributed by atoms with van der Waals surface area (Å²) in [6.07, 6.45) is 4.06. The molecular formula is C26H22O2. The maximum Gasteiger partial charge on any atom is 0.126 e. The van der Waals surface area contributed by atoms with E-state index in [1.807, 2.05) is 74.5 Å². The summed E-state index contributed by atoms with van der Waals surface area (Å²) in [5, 5.41) is 28.1. The maximum absolute atomic E-state index is 10.5. The first kappa shape index (κ1) is 17.9. The van der Waals surface area contributed by atoms with E-state index in [9.17, 15) is 10.2 Å². The Balaban J connectivity index is 2.19. The van der Waals surface area contributed by atoms with E-state index in [0.717, 1.165) is 53.5 Å². The SMILES string of the molecule is C=c1c(C)c(O)c2ccccc2c1=CC=c1c(=C)c(C)c(O)c2ccccc12. The first-order chi connectivity index (χ1) is 13.4. The molecule has 2 N–H and O–H groups in total. The van der Waals surface area contributed by atoms with Gasteiger partial charge >= 0.3 is 0 Å². The van der Waals surface area contributed by atoms with Crippen molar-refractivity contribution < 1.29 is 10.2 Å². The lowest BCUT2D eigenvalue weighted by molar-refractivity contribution is 0.476. The molecule has 0 aliphatic carbocycles. The number of fused-ring (bicyclic) bond motifs is 2. The Bertz CT molecular complexity index is 1360. The predicted octanol–water partition coefficient (Wildman–Crippen LogP) is 3.10. The number of aromatic hydroxyl groups is 2. The van der Waals surface area contributed by atoms with Gasteiger partial charge in [0.1, 0.15) is 11.5 Å². The van der Waals surface area contributed by atoms with Crippen LogP contribution in [0.2, 0.25) is 0 Å². The van der Waals surface area contributed by atoms with Gasteiger partial charge < -0.3 is 10.2 Å². The Morgan fingerprint density at radius 1 is 0.607 bits per heavy atom. The highest BCUT2D eigenvalue weighted by Gasteiger charge is 2.08. The summed E-state index contributed by atoms with van der Waals surface area (Å²) in [7, 11) is 0. The molecule has 0 fully saturated rings. The summed E-state index contributed by atoms with van der Waals surface area (Å²) < 4.78 is 0. The number of benzene rings is 4. The fraction of sp³-hybridized carbons (Fsp3) is 0.0769. The van der Waals surface area contributed by atoms with Crippen molar-refractivity contribution in [1.82, 2.24) is 0 Å². The highest BCUT2D eigenvalue weighted by molar-refractivity contribution is 5.94. The van der Waals surface area contributed by atoms with Crippen molar-refractivity contribution >= 4 is 46.9 Å².